The van der Waals surface area contributed by atoms with Gasteiger partial charge in [-0.3, -0.25) is 4.98 Å². The number of halogens is 2. The van der Waals surface area contributed by atoms with Crippen LogP contribution in [0.15, 0.2) is 36.7 Å². The molecule has 1 aliphatic heterocycles. The summed E-state index contributed by atoms with van der Waals surface area (Å²) in [6, 6.07) is 7.93. The van der Waals surface area contributed by atoms with E-state index in [1.807, 2.05) is 18.3 Å². The Bertz CT molecular complexity index is 616. The SMILES string of the molecule is Nc1cc(Cl)c(Cl)cc1N1CCCC1c1cccnc1. The normalized spacial score (nSPS) is 18.5. The molecule has 104 valence electrons. The maximum Gasteiger partial charge on any atom is 0.0621 e. The highest BCUT2D eigenvalue weighted by molar-refractivity contribution is 6.42. The molecular weight excluding hydrogens is 293 g/mol. The summed E-state index contributed by atoms with van der Waals surface area (Å²) >= 11 is 12.1. The maximum absolute atomic E-state index is 6.13. The smallest absolute Gasteiger partial charge is 0.0621 e. The molecule has 3 rings (SSSR count). The highest BCUT2D eigenvalue weighted by Crippen LogP contribution is 2.41. The van der Waals surface area contributed by atoms with Crippen LogP contribution in [0.5, 0.6) is 0 Å². The van der Waals surface area contributed by atoms with Gasteiger partial charge in [-0.05, 0) is 36.6 Å². The van der Waals surface area contributed by atoms with Crippen LogP contribution in [-0.4, -0.2) is 11.5 Å². The van der Waals surface area contributed by atoms with Crippen molar-refractivity contribution < 1.29 is 0 Å². The largest absolute Gasteiger partial charge is 0.397 e. The van der Waals surface area contributed by atoms with Crippen molar-refractivity contribution in [2.45, 2.75) is 18.9 Å². The molecule has 1 aromatic carbocycles. The lowest BCUT2D eigenvalue weighted by Crippen LogP contribution is -2.23. The number of pyridine rings is 1. The summed E-state index contributed by atoms with van der Waals surface area (Å²) in [5, 5.41) is 1.03. The second kappa shape index (κ2) is 5.51. The van der Waals surface area contributed by atoms with Crippen LogP contribution in [0.1, 0.15) is 24.4 Å². The van der Waals surface area contributed by atoms with Crippen LogP contribution in [0.25, 0.3) is 0 Å². The average Bonchev–Trinajstić information content (AvgIpc) is 2.93. The topological polar surface area (TPSA) is 42.1 Å². The van der Waals surface area contributed by atoms with Gasteiger partial charge in [-0.1, -0.05) is 29.3 Å². The van der Waals surface area contributed by atoms with E-state index >= 15 is 0 Å². The lowest BCUT2D eigenvalue weighted by atomic mass is 10.1. The Morgan fingerprint density at radius 3 is 2.80 bits per heavy atom. The Hall–Kier alpha value is -1.45. The Morgan fingerprint density at radius 2 is 2.05 bits per heavy atom. The van der Waals surface area contributed by atoms with E-state index in [0.717, 1.165) is 25.1 Å². The fourth-order valence-electron chi connectivity index (χ4n) is 2.78. The first-order valence-electron chi connectivity index (χ1n) is 6.58. The zero-order chi connectivity index (χ0) is 14.1. The number of hydrogen-bond donors (Lipinski definition) is 1. The van der Waals surface area contributed by atoms with Crippen molar-refractivity contribution in [1.29, 1.82) is 0 Å². The predicted molar refractivity (Wildman–Crippen MR) is 84.4 cm³/mol. The van der Waals surface area contributed by atoms with Crippen LogP contribution in [0, 0.1) is 0 Å². The molecule has 1 atom stereocenters. The molecule has 3 nitrogen and oxygen atoms in total. The number of hydrogen-bond acceptors (Lipinski definition) is 3. The highest BCUT2D eigenvalue weighted by Gasteiger charge is 2.28. The molecule has 0 saturated carbocycles. The lowest BCUT2D eigenvalue weighted by Gasteiger charge is -2.28. The minimum atomic E-state index is 0.295. The minimum absolute atomic E-state index is 0.295. The third-order valence-corrected chi connectivity index (χ3v) is 4.42. The summed E-state index contributed by atoms with van der Waals surface area (Å²) in [6.45, 7) is 0.960. The van der Waals surface area contributed by atoms with Gasteiger partial charge in [0.2, 0.25) is 0 Å². The van der Waals surface area contributed by atoms with E-state index in [9.17, 15) is 0 Å². The number of nitrogens with two attached hydrogens (primary N) is 1. The number of benzene rings is 1. The van der Waals surface area contributed by atoms with E-state index in [2.05, 4.69) is 16.0 Å². The van der Waals surface area contributed by atoms with E-state index in [0.29, 0.717) is 21.8 Å². The Morgan fingerprint density at radius 1 is 1.25 bits per heavy atom. The van der Waals surface area contributed by atoms with Crippen LogP contribution in [-0.2, 0) is 0 Å². The fourth-order valence-corrected chi connectivity index (χ4v) is 3.11. The fraction of sp³-hybridized carbons (Fsp3) is 0.267. The number of nitrogen functional groups attached to an aromatic ring is 1. The molecule has 0 aliphatic carbocycles. The zero-order valence-corrected chi connectivity index (χ0v) is 12.4. The first-order valence-corrected chi connectivity index (χ1v) is 7.33. The van der Waals surface area contributed by atoms with Crippen molar-refractivity contribution in [3.05, 3.63) is 52.3 Å². The van der Waals surface area contributed by atoms with E-state index in [-0.39, 0.29) is 0 Å². The van der Waals surface area contributed by atoms with Crippen LogP contribution < -0.4 is 10.6 Å². The maximum atomic E-state index is 6.13. The first-order chi connectivity index (χ1) is 9.66. The number of anilines is 2. The minimum Gasteiger partial charge on any atom is -0.397 e. The van der Waals surface area contributed by atoms with Gasteiger partial charge in [-0.25, -0.2) is 0 Å². The van der Waals surface area contributed by atoms with Gasteiger partial charge < -0.3 is 10.6 Å². The first kappa shape index (κ1) is 13.5. The second-order valence-electron chi connectivity index (χ2n) is 4.96. The molecule has 1 unspecified atom stereocenters. The van der Waals surface area contributed by atoms with Crippen LogP contribution in [0.3, 0.4) is 0 Å². The summed E-state index contributed by atoms with van der Waals surface area (Å²) in [6.07, 6.45) is 5.91. The van der Waals surface area contributed by atoms with Crippen molar-refractivity contribution in [3.63, 3.8) is 0 Å². The molecule has 0 radical (unpaired) electrons. The molecule has 0 spiro atoms. The van der Waals surface area contributed by atoms with Crippen molar-refractivity contribution >= 4 is 34.6 Å². The molecule has 1 aliphatic rings. The van der Waals surface area contributed by atoms with Gasteiger partial charge in [-0.2, -0.15) is 0 Å². The molecule has 1 aromatic heterocycles. The second-order valence-corrected chi connectivity index (χ2v) is 5.78. The van der Waals surface area contributed by atoms with Gasteiger partial charge in [0.1, 0.15) is 0 Å². The third-order valence-electron chi connectivity index (χ3n) is 3.70. The molecule has 5 heteroatoms. The molecule has 0 bridgehead atoms. The summed E-state index contributed by atoms with van der Waals surface area (Å²) < 4.78 is 0. The van der Waals surface area contributed by atoms with Gasteiger partial charge in [0.25, 0.3) is 0 Å². The van der Waals surface area contributed by atoms with E-state index in [1.165, 1.54) is 5.56 Å². The Kier molecular flexibility index (Phi) is 3.72. The number of rotatable bonds is 2. The highest BCUT2D eigenvalue weighted by atomic mass is 35.5. The third kappa shape index (κ3) is 2.43. The summed E-state index contributed by atoms with van der Waals surface area (Å²) in [5.74, 6) is 0. The van der Waals surface area contributed by atoms with Crippen LogP contribution in [0.4, 0.5) is 11.4 Å². The van der Waals surface area contributed by atoms with E-state index < -0.39 is 0 Å². The number of aromatic nitrogens is 1. The molecule has 2 heterocycles. The molecule has 0 amide bonds. The van der Waals surface area contributed by atoms with Gasteiger partial charge >= 0.3 is 0 Å². The Labute approximate surface area is 128 Å². The molecule has 2 N–H and O–H groups in total. The monoisotopic (exact) mass is 307 g/mol. The van der Waals surface area contributed by atoms with Gasteiger partial charge in [0, 0.05) is 18.9 Å². The van der Waals surface area contributed by atoms with Crippen molar-refractivity contribution in [3.8, 4) is 0 Å². The average molecular weight is 308 g/mol. The lowest BCUT2D eigenvalue weighted by molar-refractivity contribution is 0.716. The van der Waals surface area contributed by atoms with Crippen molar-refractivity contribution in [1.82, 2.24) is 4.98 Å². The Balaban J connectivity index is 1.99. The van der Waals surface area contributed by atoms with Crippen LogP contribution >= 0.6 is 23.2 Å². The van der Waals surface area contributed by atoms with E-state index in [1.54, 1.807) is 12.3 Å². The van der Waals surface area contributed by atoms with Crippen molar-refractivity contribution in [2.24, 2.45) is 0 Å². The van der Waals surface area contributed by atoms with Crippen LogP contribution in [0.2, 0.25) is 10.0 Å². The summed E-state index contributed by atoms with van der Waals surface area (Å²) in [5.41, 5.74) is 8.93. The number of nitrogens with zero attached hydrogens (tertiary/aromatic N) is 2. The standard InChI is InChI=1S/C15H15Cl2N3/c16-11-7-13(18)15(8-12(11)17)20-6-2-4-14(20)10-3-1-5-19-9-10/h1,3,5,7-9,14H,2,4,6,18H2. The zero-order valence-electron chi connectivity index (χ0n) is 10.9. The molecule has 1 fully saturated rings. The van der Waals surface area contributed by atoms with Gasteiger partial charge in [0.05, 0.1) is 27.5 Å². The molecule has 20 heavy (non-hydrogen) atoms. The quantitative estimate of drug-likeness (QED) is 0.841. The van der Waals surface area contributed by atoms with Gasteiger partial charge in [0.15, 0.2) is 0 Å². The predicted octanol–water partition coefficient (Wildman–Crippen LogP) is 4.31. The molecule has 1 saturated heterocycles. The van der Waals surface area contributed by atoms with E-state index in [4.69, 9.17) is 28.9 Å². The van der Waals surface area contributed by atoms with Crippen molar-refractivity contribution in [2.75, 3.05) is 17.2 Å². The molecular formula is C15H15Cl2N3. The summed E-state index contributed by atoms with van der Waals surface area (Å²) in [4.78, 5) is 6.49. The summed E-state index contributed by atoms with van der Waals surface area (Å²) in [7, 11) is 0. The molecule has 2 aromatic rings. The van der Waals surface area contributed by atoms with Gasteiger partial charge in [-0.15, -0.1) is 0 Å².